The zero-order valence-corrected chi connectivity index (χ0v) is 10.5. The summed E-state index contributed by atoms with van der Waals surface area (Å²) in [5, 5.41) is 8.67. The topological polar surface area (TPSA) is 78.8 Å². The molecule has 0 spiro atoms. The maximum absolute atomic E-state index is 11.5. The third-order valence-electron chi connectivity index (χ3n) is 2.52. The van der Waals surface area contributed by atoms with E-state index in [9.17, 15) is 4.79 Å². The summed E-state index contributed by atoms with van der Waals surface area (Å²) in [6, 6.07) is 9.05. The van der Waals surface area contributed by atoms with Crippen molar-refractivity contribution in [3.8, 4) is 23.2 Å². The SMILES string of the molecule is CCCOc1ccc(-c2ncc(C#N)c(=O)[nH]2)cc1. The van der Waals surface area contributed by atoms with Gasteiger partial charge in [-0.3, -0.25) is 4.79 Å². The van der Waals surface area contributed by atoms with Crippen LogP contribution in [0.4, 0.5) is 0 Å². The van der Waals surface area contributed by atoms with Crippen LogP contribution in [-0.2, 0) is 0 Å². The molecule has 0 aliphatic carbocycles. The number of rotatable bonds is 4. The maximum Gasteiger partial charge on any atom is 0.269 e. The molecule has 0 saturated heterocycles. The number of H-pyrrole nitrogens is 1. The first-order valence-corrected chi connectivity index (χ1v) is 5.97. The quantitative estimate of drug-likeness (QED) is 0.907. The lowest BCUT2D eigenvalue weighted by Gasteiger charge is -2.05. The second-order valence-corrected chi connectivity index (χ2v) is 3.96. The first kappa shape index (κ1) is 12.8. The summed E-state index contributed by atoms with van der Waals surface area (Å²) >= 11 is 0. The van der Waals surface area contributed by atoms with Gasteiger partial charge in [-0.15, -0.1) is 0 Å². The average molecular weight is 255 g/mol. The van der Waals surface area contributed by atoms with Crippen LogP contribution in [0.2, 0.25) is 0 Å². The number of aromatic nitrogens is 2. The normalized spacial score (nSPS) is 9.89. The van der Waals surface area contributed by atoms with Crippen molar-refractivity contribution in [2.24, 2.45) is 0 Å². The standard InChI is InChI=1S/C14H13N3O2/c1-2-7-19-12-5-3-10(4-6-12)13-16-9-11(8-15)14(18)17-13/h3-6,9H,2,7H2,1H3,(H,16,17,18). The Labute approximate surface area is 110 Å². The highest BCUT2D eigenvalue weighted by atomic mass is 16.5. The molecule has 1 N–H and O–H groups in total. The molecule has 0 atom stereocenters. The van der Waals surface area contributed by atoms with Crippen molar-refractivity contribution < 1.29 is 4.74 Å². The van der Waals surface area contributed by atoms with Gasteiger partial charge in [0.05, 0.1) is 12.8 Å². The van der Waals surface area contributed by atoms with E-state index >= 15 is 0 Å². The van der Waals surface area contributed by atoms with Crippen molar-refractivity contribution in [1.29, 1.82) is 5.26 Å². The van der Waals surface area contributed by atoms with E-state index in [4.69, 9.17) is 10.00 Å². The number of benzene rings is 1. The van der Waals surface area contributed by atoms with Gasteiger partial charge < -0.3 is 9.72 Å². The van der Waals surface area contributed by atoms with Gasteiger partial charge in [-0.1, -0.05) is 6.92 Å². The van der Waals surface area contributed by atoms with Gasteiger partial charge in [0, 0.05) is 5.56 Å². The van der Waals surface area contributed by atoms with Gasteiger partial charge in [0.2, 0.25) is 0 Å². The molecule has 0 radical (unpaired) electrons. The second-order valence-electron chi connectivity index (χ2n) is 3.96. The smallest absolute Gasteiger partial charge is 0.269 e. The molecule has 1 aromatic carbocycles. The van der Waals surface area contributed by atoms with Crippen LogP contribution < -0.4 is 10.3 Å². The number of hydrogen-bond donors (Lipinski definition) is 1. The molecule has 1 aromatic heterocycles. The summed E-state index contributed by atoms with van der Waals surface area (Å²) in [6.07, 6.45) is 2.22. The van der Waals surface area contributed by atoms with E-state index in [-0.39, 0.29) is 5.56 Å². The van der Waals surface area contributed by atoms with Crippen LogP contribution in [0.3, 0.4) is 0 Å². The zero-order chi connectivity index (χ0) is 13.7. The van der Waals surface area contributed by atoms with Crippen molar-refractivity contribution in [1.82, 2.24) is 9.97 Å². The Balaban J connectivity index is 2.25. The first-order chi connectivity index (χ1) is 9.24. The van der Waals surface area contributed by atoms with Gasteiger partial charge >= 0.3 is 0 Å². The summed E-state index contributed by atoms with van der Waals surface area (Å²) < 4.78 is 5.47. The molecule has 0 amide bonds. The number of nitriles is 1. The zero-order valence-electron chi connectivity index (χ0n) is 10.5. The predicted octanol–water partition coefficient (Wildman–Crippen LogP) is 2.10. The molecule has 5 heteroatoms. The molecule has 2 rings (SSSR count). The highest BCUT2D eigenvalue weighted by Crippen LogP contribution is 2.18. The van der Waals surface area contributed by atoms with Crippen molar-refractivity contribution in [3.63, 3.8) is 0 Å². The van der Waals surface area contributed by atoms with Gasteiger partial charge in [-0.2, -0.15) is 5.26 Å². The molecule has 0 aliphatic rings. The largest absolute Gasteiger partial charge is 0.494 e. The van der Waals surface area contributed by atoms with Crippen LogP contribution in [0.5, 0.6) is 5.75 Å². The predicted molar refractivity (Wildman–Crippen MR) is 70.8 cm³/mol. The Hall–Kier alpha value is -2.61. The van der Waals surface area contributed by atoms with E-state index < -0.39 is 5.56 Å². The number of nitrogens with zero attached hydrogens (tertiary/aromatic N) is 2. The highest BCUT2D eigenvalue weighted by molar-refractivity contribution is 5.56. The maximum atomic E-state index is 11.5. The van der Waals surface area contributed by atoms with Crippen LogP contribution in [-0.4, -0.2) is 16.6 Å². The third-order valence-corrected chi connectivity index (χ3v) is 2.52. The van der Waals surface area contributed by atoms with Gasteiger partial charge in [0.1, 0.15) is 23.2 Å². The van der Waals surface area contributed by atoms with Crippen LogP contribution >= 0.6 is 0 Å². The molecular weight excluding hydrogens is 242 g/mol. The molecule has 0 fully saturated rings. The Morgan fingerprint density at radius 3 is 2.68 bits per heavy atom. The van der Waals surface area contributed by atoms with Gasteiger partial charge in [0.25, 0.3) is 5.56 Å². The molecule has 0 aliphatic heterocycles. The molecule has 19 heavy (non-hydrogen) atoms. The van der Waals surface area contributed by atoms with Crippen molar-refractivity contribution >= 4 is 0 Å². The average Bonchev–Trinajstić information content (AvgIpc) is 2.45. The molecule has 0 unspecified atom stereocenters. The summed E-state index contributed by atoms with van der Waals surface area (Å²) in [4.78, 5) is 18.1. The van der Waals surface area contributed by atoms with E-state index in [1.807, 2.05) is 31.2 Å². The van der Waals surface area contributed by atoms with E-state index in [0.717, 1.165) is 17.7 Å². The number of ether oxygens (including phenoxy) is 1. The molecule has 96 valence electrons. The lowest BCUT2D eigenvalue weighted by molar-refractivity contribution is 0.317. The number of aromatic amines is 1. The Bertz CT molecular complexity index is 654. The summed E-state index contributed by atoms with van der Waals surface area (Å²) in [5.41, 5.74) is 0.343. The van der Waals surface area contributed by atoms with Gasteiger partial charge in [-0.05, 0) is 30.7 Å². The number of nitrogens with one attached hydrogen (secondary N) is 1. The fourth-order valence-corrected chi connectivity index (χ4v) is 1.55. The van der Waals surface area contributed by atoms with Crippen molar-refractivity contribution in [2.75, 3.05) is 6.61 Å². The van der Waals surface area contributed by atoms with Crippen LogP contribution in [0.25, 0.3) is 11.4 Å². The van der Waals surface area contributed by atoms with Crippen LogP contribution in [0, 0.1) is 11.3 Å². The summed E-state index contributed by atoms with van der Waals surface area (Å²) in [7, 11) is 0. The van der Waals surface area contributed by atoms with E-state index in [1.165, 1.54) is 6.20 Å². The summed E-state index contributed by atoms with van der Waals surface area (Å²) in [6.45, 7) is 2.71. The monoisotopic (exact) mass is 255 g/mol. The minimum absolute atomic E-state index is 0.00616. The fourth-order valence-electron chi connectivity index (χ4n) is 1.55. The third kappa shape index (κ3) is 2.99. The molecule has 5 nitrogen and oxygen atoms in total. The molecular formula is C14H13N3O2. The Kier molecular flexibility index (Phi) is 3.94. The van der Waals surface area contributed by atoms with Crippen LogP contribution in [0.1, 0.15) is 18.9 Å². The van der Waals surface area contributed by atoms with Gasteiger partial charge in [-0.25, -0.2) is 4.98 Å². The van der Waals surface area contributed by atoms with Crippen molar-refractivity contribution in [2.45, 2.75) is 13.3 Å². The minimum Gasteiger partial charge on any atom is -0.494 e. The Morgan fingerprint density at radius 1 is 1.37 bits per heavy atom. The molecule has 0 saturated carbocycles. The minimum atomic E-state index is -0.432. The van der Waals surface area contributed by atoms with E-state index in [2.05, 4.69) is 9.97 Å². The second kappa shape index (κ2) is 5.83. The van der Waals surface area contributed by atoms with E-state index in [0.29, 0.717) is 12.4 Å². The molecule has 1 heterocycles. The fraction of sp³-hybridized carbons (Fsp3) is 0.214. The summed E-state index contributed by atoms with van der Waals surface area (Å²) in [5.74, 6) is 1.22. The van der Waals surface area contributed by atoms with E-state index in [1.54, 1.807) is 6.07 Å². The number of hydrogen-bond acceptors (Lipinski definition) is 4. The van der Waals surface area contributed by atoms with Gasteiger partial charge in [0.15, 0.2) is 0 Å². The molecule has 2 aromatic rings. The lowest BCUT2D eigenvalue weighted by Crippen LogP contribution is -2.11. The van der Waals surface area contributed by atoms with Crippen molar-refractivity contribution in [3.05, 3.63) is 46.4 Å². The Morgan fingerprint density at radius 2 is 2.11 bits per heavy atom. The molecule has 0 bridgehead atoms. The highest BCUT2D eigenvalue weighted by Gasteiger charge is 2.04. The lowest BCUT2D eigenvalue weighted by atomic mass is 10.2. The van der Waals surface area contributed by atoms with Crippen LogP contribution in [0.15, 0.2) is 35.3 Å². The first-order valence-electron chi connectivity index (χ1n) is 5.97.